The Morgan fingerprint density at radius 2 is 1.61 bits per heavy atom. The van der Waals surface area contributed by atoms with Gasteiger partial charge in [-0.05, 0) is 32.0 Å². The molecule has 3 nitrogen and oxygen atoms in total. The molecule has 0 aliphatic heterocycles. The molecule has 0 bridgehead atoms. The van der Waals surface area contributed by atoms with Gasteiger partial charge < -0.3 is 5.32 Å². The predicted octanol–water partition coefficient (Wildman–Crippen LogP) is 4.11. The first-order valence-electron chi connectivity index (χ1n) is 5.50. The zero-order chi connectivity index (χ0) is 13.3. The van der Waals surface area contributed by atoms with Crippen molar-refractivity contribution in [3.63, 3.8) is 0 Å². The number of aromatic nitrogens is 2. The van der Waals surface area contributed by atoms with E-state index in [0.29, 0.717) is 15.9 Å². The number of benzene rings is 1. The van der Waals surface area contributed by atoms with E-state index in [0.717, 1.165) is 22.6 Å². The average molecular weight is 282 g/mol. The van der Waals surface area contributed by atoms with Crippen molar-refractivity contribution < 1.29 is 0 Å². The number of anilines is 1. The molecule has 2 aromatic rings. The zero-order valence-electron chi connectivity index (χ0n) is 10.4. The van der Waals surface area contributed by atoms with Gasteiger partial charge in [-0.15, -0.1) is 0 Å². The van der Waals surface area contributed by atoms with Crippen LogP contribution in [0, 0.1) is 13.8 Å². The number of nitrogens with zero attached hydrogens (tertiary/aromatic N) is 2. The molecule has 0 amide bonds. The van der Waals surface area contributed by atoms with Gasteiger partial charge >= 0.3 is 0 Å². The molecular weight excluding hydrogens is 269 g/mol. The van der Waals surface area contributed by atoms with Gasteiger partial charge in [-0.1, -0.05) is 23.2 Å². The highest BCUT2D eigenvalue weighted by Gasteiger charge is 2.11. The maximum Gasteiger partial charge on any atom is 0.132 e. The molecule has 0 fully saturated rings. The first-order valence-corrected chi connectivity index (χ1v) is 6.26. The monoisotopic (exact) mass is 281 g/mol. The summed E-state index contributed by atoms with van der Waals surface area (Å²) in [5.74, 6) is 1.52. The normalized spacial score (nSPS) is 10.5. The van der Waals surface area contributed by atoms with Crippen LogP contribution < -0.4 is 5.32 Å². The summed E-state index contributed by atoms with van der Waals surface area (Å²) in [6.07, 6.45) is 0. The minimum atomic E-state index is 0.596. The Morgan fingerprint density at radius 3 is 2.17 bits per heavy atom. The second kappa shape index (κ2) is 5.12. The van der Waals surface area contributed by atoms with Gasteiger partial charge in [0.2, 0.25) is 0 Å². The molecule has 1 N–H and O–H groups in total. The third-order valence-corrected chi connectivity index (χ3v) is 3.07. The Labute approximate surface area is 116 Å². The number of hydrogen-bond acceptors (Lipinski definition) is 3. The number of halogens is 2. The predicted molar refractivity (Wildman–Crippen MR) is 76.5 cm³/mol. The summed E-state index contributed by atoms with van der Waals surface area (Å²) in [5, 5.41) is 4.25. The van der Waals surface area contributed by atoms with Gasteiger partial charge in [-0.3, -0.25) is 0 Å². The molecule has 0 saturated carbocycles. The lowest BCUT2D eigenvalue weighted by Gasteiger charge is -2.11. The Kier molecular flexibility index (Phi) is 3.73. The number of hydrogen-bond donors (Lipinski definition) is 1. The van der Waals surface area contributed by atoms with Crippen LogP contribution in [0.3, 0.4) is 0 Å². The highest BCUT2D eigenvalue weighted by atomic mass is 35.5. The van der Waals surface area contributed by atoms with E-state index in [4.69, 9.17) is 23.2 Å². The van der Waals surface area contributed by atoms with E-state index in [2.05, 4.69) is 15.3 Å². The van der Waals surface area contributed by atoms with Gasteiger partial charge in [0.25, 0.3) is 0 Å². The summed E-state index contributed by atoms with van der Waals surface area (Å²) in [6, 6.07) is 5.40. The number of rotatable bonds is 2. The van der Waals surface area contributed by atoms with E-state index in [9.17, 15) is 0 Å². The molecule has 0 spiro atoms. The van der Waals surface area contributed by atoms with Crippen molar-refractivity contribution in [2.45, 2.75) is 13.8 Å². The van der Waals surface area contributed by atoms with Gasteiger partial charge in [0.05, 0.1) is 5.69 Å². The minimum absolute atomic E-state index is 0.596. The summed E-state index contributed by atoms with van der Waals surface area (Å²) < 4.78 is 0. The molecule has 0 radical (unpaired) electrons. The first-order chi connectivity index (χ1) is 8.51. The largest absolute Gasteiger partial charge is 0.373 e. The molecule has 0 atom stereocenters. The Bertz CT molecular complexity index is 577. The summed E-state index contributed by atoms with van der Waals surface area (Å²) >= 11 is 12.0. The van der Waals surface area contributed by atoms with Gasteiger partial charge in [-0.25, -0.2) is 9.97 Å². The van der Waals surface area contributed by atoms with Gasteiger partial charge in [0.15, 0.2) is 0 Å². The van der Waals surface area contributed by atoms with Gasteiger partial charge in [-0.2, -0.15) is 0 Å². The lowest BCUT2D eigenvalue weighted by molar-refractivity contribution is 1.04. The van der Waals surface area contributed by atoms with E-state index in [1.165, 1.54) is 0 Å². The summed E-state index contributed by atoms with van der Waals surface area (Å²) in [4.78, 5) is 8.80. The van der Waals surface area contributed by atoms with Crippen molar-refractivity contribution in [3.8, 4) is 11.3 Å². The van der Waals surface area contributed by atoms with Crippen molar-refractivity contribution in [2.24, 2.45) is 0 Å². The van der Waals surface area contributed by atoms with Crippen LogP contribution in [0.25, 0.3) is 11.3 Å². The SMILES string of the molecule is CNc1nc(C)nc(-c2cc(Cl)cc(Cl)c2)c1C. The van der Waals surface area contributed by atoms with E-state index in [1.54, 1.807) is 6.07 Å². The van der Waals surface area contributed by atoms with E-state index < -0.39 is 0 Å². The molecular formula is C13H13Cl2N3. The van der Waals surface area contributed by atoms with Crippen LogP contribution in [0.2, 0.25) is 10.0 Å². The van der Waals surface area contributed by atoms with Crippen LogP contribution >= 0.6 is 23.2 Å². The van der Waals surface area contributed by atoms with Crippen molar-refractivity contribution >= 4 is 29.0 Å². The van der Waals surface area contributed by atoms with Crippen LogP contribution in [-0.2, 0) is 0 Å². The summed E-state index contributed by atoms with van der Waals surface area (Å²) in [5.41, 5.74) is 2.71. The lowest BCUT2D eigenvalue weighted by Crippen LogP contribution is -2.02. The van der Waals surface area contributed by atoms with Crippen LogP contribution in [0.15, 0.2) is 18.2 Å². The minimum Gasteiger partial charge on any atom is -0.373 e. The molecule has 1 aromatic carbocycles. The summed E-state index contributed by atoms with van der Waals surface area (Å²) in [6.45, 7) is 3.82. The van der Waals surface area contributed by atoms with Crippen molar-refractivity contribution in [3.05, 3.63) is 39.6 Å². The molecule has 1 aromatic heterocycles. The van der Waals surface area contributed by atoms with Crippen LogP contribution in [-0.4, -0.2) is 17.0 Å². The fraction of sp³-hybridized carbons (Fsp3) is 0.231. The van der Waals surface area contributed by atoms with Crippen LogP contribution in [0.5, 0.6) is 0 Å². The first kappa shape index (κ1) is 13.1. The maximum absolute atomic E-state index is 6.02. The highest BCUT2D eigenvalue weighted by molar-refractivity contribution is 6.35. The zero-order valence-corrected chi connectivity index (χ0v) is 11.9. The third kappa shape index (κ3) is 2.57. The molecule has 1 heterocycles. The topological polar surface area (TPSA) is 37.8 Å². The summed E-state index contributed by atoms with van der Waals surface area (Å²) in [7, 11) is 1.84. The molecule has 2 rings (SSSR count). The molecule has 0 aliphatic carbocycles. The van der Waals surface area contributed by atoms with E-state index in [1.807, 2.05) is 33.0 Å². The molecule has 0 aliphatic rings. The third-order valence-electron chi connectivity index (χ3n) is 2.63. The van der Waals surface area contributed by atoms with E-state index >= 15 is 0 Å². The second-order valence-electron chi connectivity index (χ2n) is 4.00. The molecule has 18 heavy (non-hydrogen) atoms. The number of aryl methyl sites for hydroxylation is 1. The Hall–Kier alpha value is -1.32. The van der Waals surface area contributed by atoms with Crippen LogP contribution in [0.1, 0.15) is 11.4 Å². The van der Waals surface area contributed by atoms with Crippen molar-refractivity contribution in [1.29, 1.82) is 0 Å². The van der Waals surface area contributed by atoms with Gasteiger partial charge in [0, 0.05) is 28.2 Å². The van der Waals surface area contributed by atoms with Crippen molar-refractivity contribution in [1.82, 2.24) is 9.97 Å². The average Bonchev–Trinajstić information content (AvgIpc) is 2.30. The smallest absolute Gasteiger partial charge is 0.132 e. The molecule has 5 heteroatoms. The maximum atomic E-state index is 6.02. The quantitative estimate of drug-likeness (QED) is 0.900. The molecule has 94 valence electrons. The fourth-order valence-electron chi connectivity index (χ4n) is 1.84. The van der Waals surface area contributed by atoms with Gasteiger partial charge in [0.1, 0.15) is 11.6 Å². The van der Waals surface area contributed by atoms with Crippen LogP contribution in [0.4, 0.5) is 5.82 Å². The van der Waals surface area contributed by atoms with Crippen molar-refractivity contribution in [2.75, 3.05) is 12.4 Å². The molecule has 0 unspecified atom stereocenters. The Morgan fingerprint density at radius 1 is 1.00 bits per heavy atom. The standard InChI is InChI=1S/C13H13Cl2N3/c1-7-12(17-8(2)18-13(7)16-3)9-4-10(14)6-11(15)5-9/h4-6H,1-3H3,(H,16,17,18). The number of nitrogens with one attached hydrogen (secondary N) is 1. The second-order valence-corrected chi connectivity index (χ2v) is 4.87. The van der Waals surface area contributed by atoms with E-state index in [-0.39, 0.29) is 0 Å². The lowest BCUT2D eigenvalue weighted by atomic mass is 10.1. The molecule has 0 saturated heterocycles. The fourth-order valence-corrected chi connectivity index (χ4v) is 2.37. The Balaban J connectivity index is 2.66. The highest BCUT2D eigenvalue weighted by Crippen LogP contribution is 2.30.